The fourth-order valence-electron chi connectivity index (χ4n) is 19.0. The van der Waals surface area contributed by atoms with E-state index in [2.05, 4.69) is 63.6 Å². The van der Waals surface area contributed by atoms with E-state index in [0.717, 1.165) is 110 Å². The fourth-order valence-corrected chi connectivity index (χ4v) is 23.9. The van der Waals surface area contributed by atoms with Crippen molar-refractivity contribution in [3.63, 3.8) is 0 Å². The molecule has 8 fully saturated rings. The molecule has 4 aromatic carbocycles. The minimum Gasteiger partial charge on any atom is -0.870 e. The second-order valence-corrected chi connectivity index (χ2v) is 42.7. The monoisotopic (exact) mass is 2120 g/mol. The molecule has 12 aromatic rings. The Kier molecular flexibility index (Phi) is 40.5. The van der Waals surface area contributed by atoms with Crippen molar-refractivity contribution in [2.45, 2.75) is 214 Å². The number of fused-ring (bicyclic) bond motifs is 8. The Labute approximate surface area is 913 Å². The van der Waals surface area contributed by atoms with Crippen LogP contribution in [-0.4, -0.2) is 166 Å². The summed E-state index contributed by atoms with van der Waals surface area (Å²) in [5, 5.41) is 31.9. The number of nitrogens with one attached hydrogen (secondary N) is 1. The molecular weight excluding hydrogens is 2010 g/mol. The number of hydrogen-bond acceptors (Lipinski definition) is 25. The number of nitrogens with zero attached hydrogens (tertiary/aromatic N) is 11. The van der Waals surface area contributed by atoms with Crippen LogP contribution < -0.4 is 136 Å². The maximum absolute atomic E-state index is 13.5. The van der Waals surface area contributed by atoms with Gasteiger partial charge >= 0.3 is 107 Å². The van der Waals surface area contributed by atoms with Crippen molar-refractivity contribution >= 4 is 244 Å². The molecule has 0 unspecified atom stereocenters. The van der Waals surface area contributed by atoms with Gasteiger partial charge in [-0.15, -0.1) is 47.0 Å². The predicted molar refractivity (Wildman–Crippen MR) is 550 cm³/mol. The van der Waals surface area contributed by atoms with E-state index in [1.807, 2.05) is 66.0 Å². The van der Waals surface area contributed by atoms with Gasteiger partial charge in [0.1, 0.15) is 65.5 Å². The number of hydrogen-bond donors (Lipinski definition) is 2. The Bertz CT molecular complexity index is 6600. The van der Waals surface area contributed by atoms with Crippen molar-refractivity contribution in [2.75, 3.05) is 83.2 Å². The number of halogens is 5. The molecule has 0 atom stereocenters. The van der Waals surface area contributed by atoms with Crippen LogP contribution in [0.3, 0.4) is 0 Å². The van der Waals surface area contributed by atoms with Crippen LogP contribution in [0.1, 0.15) is 144 Å². The number of aromatic nitrogens is 8. The molecule has 720 valence electrons. The van der Waals surface area contributed by atoms with Gasteiger partial charge in [0.05, 0.1) is 109 Å². The zero-order chi connectivity index (χ0) is 94.2. The number of esters is 2. The van der Waals surface area contributed by atoms with Gasteiger partial charge in [0.2, 0.25) is 0 Å². The van der Waals surface area contributed by atoms with Gasteiger partial charge in [-0.1, -0.05) is 90.0 Å². The van der Waals surface area contributed by atoms with Gasteiger partial charge in [-0.25, -0.2) is 19.9 Å². The van der Waals surface area contributed by atoms with E-state index >= 15 is 0 Å². The minimum atomic E-state index is -1.24. The second-order valence-electron chi connectivity index (χ2n) is 37.1. The molecule has 8 aliphatic carbocycles. The number of alkyl halides is 1. The molecule has 0 saturated heterocycles. The maximum atomic E-state index is 13.5. The summed E-state index contributed by atoms with van der Waals surface area (Å²) in [5.74, 6) is 6.23. The quantitative estimate of drug-likeness (QED) is 0.0145. The van der Waals surface area contributed by atoms with E-state index in [4.69, 9.17) is 75.8 Å². The molecule has 38 heteroatoms. The summed E-state index contributed by atoms with van der Waals surface area (Å²) in [5.41, 5.74) is 3.51. The fraction of sp³-hybridized carbons (Fsp3) is 0.480. The number of benzene rings is 4. The van der Waals surface area contributed by atoms with Gasteiger partial charge in [0, 0.05) is 70.7 Å². The molecule has 0 aliphatic heterocycles. The number of carboxylic acid groups (broad SMARTS) is 2. The summed E-state index contributed by atoms with van der Waals surface area (Å²) in [6.45, 7) is 15.3. The number of carboxylic acids is 2. The first-order chi connectivity index (χ1) is 64.0. The normalized spacial score (nSPS) is 19.2. The Morgan fingerprint density at radius 2 is 0.681 bits per heavy atom. The molecule has 0 radical (unpaired) electrons. The first-order valence-electron chi connectivity index (χ1n) is 46.1. The van der Waals surface area contributed by atoms with Gasteiger partial charge in [-0.05, 0) is 286 Å². The molecule has 0 spiro atoms. The summed E-state index contributed by atoms with van der Waals surface area (Å²) in [7, 11) is 0. The third-order valence-electron chi connectivity index (χ3n) is 26.8. The van der Waals surface area contributed by atoms with E-state index in [1.165, 1.54) is 104 Å². The first-order valence-corrected chi connectivity index (χ1v) is 53.7. The van der Waals surface area contributed by atoms with Gasteiger partial charge in [-0.3, -0.25) is 33.6 Å². The average molecular weight is 2130 g/mol. The largest absolute Gasteiger partial charge is 1.00 e. The van der Waals surface area contributed by atoms with Crippen molar-refractivity contribution in [2.24, 2.45) is 47.3 Å². The average Bonchev–Trinajstić information content (AvgIpc) is 1.22. The first kappa shape index (κ1) is 113. The van der Waals surface area contributed by atoms with Crippen molar-refractivity contribution in [3.05, 3.63) is 158 Å². The van der Waals surface area contributed by atoms with Crippen LogP contribution in [0.15, 0.2) is 136 Å². The molecular formula is C100H114BrCl4N12Na3O14S4. The Morgan fingerprint density at radius 3 is 0.928 bits per heavy atom. The van der Waals surface area contributed by atoms with Crippen LogP contribution in [0, 0.1) is 47.3 Å². The predicted octanol–water partition coefficient (Wildman–Crippen LogP) is 11.4. The smallest absolute Gasteiger partial charge is 0.870 e. The summed E-state index contributed by atoms with van der Waals surface area (Å²) >= 11 is 34.9. The topological polar surface area (TPSA) is 351 Å². The van der Waals surface area contributed by atoms with Gasteiger partial charge < -0.3 is 73.7 Å². The number of carbonyl (C=O) groups excluding carboxylic acids is 3. The Morgan fingerprint density at radius 1 is 0.413 bits per heavy atom. The molecule has 8 heterocycles. The minimum absolute atomic E-state index is 0. The summed E-state index contributed by atoms with van der Waals surface area (Å²) < 4.78 is 17.3. The zero-order valence-corrected chi connectivity index (χ0v) is 94.2. The Hall–Kier alpha value is -5.60. The number of thioether (sulfide) groups is 4. The van der Waals surface area contributed by atoms with E-state index in [0.29, 0.717) is 190 Å². The molecule has 0 bridgehead atoms. The summed E-state index contributed by atoms with van der Waals surface area (Å²) in [6.07, 6.45) is 27.0. The third kappa shape index (κ3) is 25.2. The zero-order valence-electron chi connectivity index (χ0n) is 80.3. The molecule has 8 aliphatic rings. The Balaban J connectivity index is 0.000000171. The van der Waals surface area contributed by atoms with E-state index in [-0.39, 0.29) is 160 Å². The van der Waals surface area contributed by atoms with Crippen molar-refractivity contribution in [1.82, 2.24) is 38.2 Å². The van der Waals surface area contributed by atoms with Crippen LogP contribution in [0.2, 0.25) is 20.1 Å². The molecule has 4 N–H and O–H groups in total. The number of pyridine rings is 8. The van der Waals surface area contributed by atoms with E-state index in [9.17, 15) is 48.6 Å². The standard InChI is InChI=1S/C26H30ClN3O3S.2C24H26ClN3O3S.C22H24ClN3O3S.C4H7Br.3Na.2H2O/c1-4-33-22(31)14-30-23-18(7-9-20(27)25(23)34-3)24(32)19-8-10-21(28-26(19)30)29(13-16-5-6-16)17-11-15(2)12-17;2*1-13-9-15(10-13)27(11-14-3-4-14)19-8-6-17-22(31)16-5-7-18(25)23(32-2)21(16)28(12-20(29)30)24(17)26-19;1-4-29-18(27)11-26-19-14(5-7-16(23)21(19)30-3)20(28)15-6-8-17(25-22(15)26)24-13-9-12(2)10-13;5-3-4-1-2-4;;;;;/h7-10,15-17H,4-6,11-14H2,1-3H3;2*5-8,13-15H,3-4,9-12H2,1-2H3,(H,29,30);5-8,12-13H,4,9-11H2,1-3H3,(H,24,25);4H,1-3H2;;;;2*1H2/q;;;;;3*+1;;/p-3. The van der Waals surface area contributed by atoms with Gasteiger partial charge in [0.25, 0.3) is 0 Å². The van der Waals surface area contributed by atoms with Crippen LogP contribution in [-0.2, 0) is 54.8 Å². The third-order valence-corrected chi connectivity index (χ3v) is 32.7. The van der Waals surface area contributed by atoms with Crippen molar-refractivity contribution < 1.29 is 138 Å². The van der Waals surface area contributed by atoms with Gasteiger partial charge in [0.15, 0.2) is 21.7 Å². The SMILES string of the molecule is BrCC1CC1.CCOC(=O)Cn1c2nc(N(CC3CC3)C3CC(C)C3)ccc2c(=O)c2ccc(Cl)c(SC)c21.CCOC(=O)Cn1c2nc(NC3CC(C)C3)ccc2c(=O)c2ccc(Cl)c(SC)c21.CSc1c(Cl)ccc2c(=O)c3ccc(N(CC4CC4)C4CC(C)C4)nc3n(CC(=O)O)c12.CSc1c(Cl)ccc2c(=O)c3ccc(N(CC4CC4)C4CC(C)C4)nc3n(CC(=O)[O-])c12.[Na+].[Na+].[Na+].[OH-].[OH-]. The van der Waals surface area contributed by atoms with Crippen molar-refractivity contribution in [1.29, 1.82) is 0 Å². The van der Waals surface area contributed by atoms with Crippen LogP contribution >= 0.6 is 109 Å². The molecule has 20 rings (SSSR count). The number of carbonyl (C=O) groups is 4. The number of aliphatic carboxylic acids is 2. The van der Waals surface area contributed by atoms with Crippen molar-refractivity contribution in [3.8, 4) is 0 Å². The van der Waals surface area contributed by atoms with Crippen LogP contribution in [0.5, 0.6) is 0 Å². The number of rotatable bonds is 29. The summed E-state index contributed by atoms with van der Waals surface area (Å²) in [6, 6.07) is 30.3. The second kappa shape index (κ2) is 49.5. The van der Waals surface area contributed by atoms with Crippen LogP contribution in [0.4, 0.5) is 23.3 Å². The summed E-state index contributed by atoms with van der Waals surface area (Å²) in [4.78, 5) is 132. The molecule has 0 amide bonds. The molecule has 8 aromatic heterocycles. The number of anilines is 4. The molecule has 26 nitrogen and oxygen atoms in total. The van der Waals surface area contributed by atoms with Crippen LogP contribution in [0.25, 0.3) is 87.7 Å². The maximum Gasteiger partial charge on any atom is 1.00 e. The van der Waals surface area contributed by atoms with Gasteiger partial charge in [-0.2, -0.15) is 0 Å². The van der Waals surface area contributed by atoms with E-state index < -0.39 is 18.5 Å². The number of ether oxygens (including phenoxy) is 2. The molecule has 138 heavy (non-hydrogen) atoms. The van der Waals surface area contributed by atoms with E-state index in [1.54, 1.807) is 88.2 Å². The molecule has 8 saturated carbocycles.